The number of carboxylic acid groups (broad SMARTS) is 1. The van der Waals surface area contributed by atoms with E-state index >= 15 is 0 Å². The minimum Gasteiger partial charge on any atom is -0.481 e. The summed E-state index contributed by atoms with van der Waals surface area (Å²) in [4.78, 5) is 10.4. The molecule has 1 rings (SSSR count). The van der Waals surface area contributed by atoms with Crippen molar-refractivity contribution in [2.75, 3.05) is 0 Å². The SMILES string of the molecule is CC(CC(=O)O)SCc1c(F)c(F)c(F)c(F)c1F. The van der Waals surface area contributed by atoms with E-state index in [1.807, 2.05) is 0 Å². The van der Waals surface area contributed by atoms with Gasteiger partial charge in [0.15, 0.2) is 23.3 Å². The Morgan fingerprint density at radius 3 is 1.89 bits per heavy atom. The third-order valence-corrected chi connectivity index (χ3v) is 3.47. The van der Waals surface area contributed by atoms with Crippen LogP contribution in [0.4, 0.5) is 22.0 Å². The minimum absolute atomic E-state index is 0.278. The van der Waals surface area contributed by atoms with E-state index in [1.54, 1.807) is 0 Å². The lowest BCUT2D eigenvalue weighted by Gasteiger charge is -2.11. The molecule has 1 N–H and O–H groups in total. The highest BCUT2D eigenvalue weighted by Gasteiger charge is 2.25. The van der Waals surface area contributed by atoms with Crippen LogP contribution in [0.25, 0.3) is 0 Å². The van der Waals surface area contributed by atoms with Crippen LogP contribution in [-0.4, -0.2) is 16.3 Å². The van der Waals surface area contributed by atoms with Crippen molar-refractivity contribution in [2.24, 2.45) is 0 Å². The van der Waals surface area contributed by atoms with E-state index in [0.29, 0.717) is 0 Å². The van der Waals surface area contributed by atoms with Gasteiger partial charge in [0.1, 0.15) is 0 Å². The summed E-state index contributed by atoms with van der Waals surface area (Å²) in [5.41, 5.74) is -0.946. The number of aliphatic carboxylic acids is 1. The number of rotatable bonds is 5. The summed E-state index contributed by atoms with van der Waals surface area (Å²) in [5, 5.41) is 7.96. The Labute approximate surface area is 109 Å². The van der Waals surface area contributed by atoms with Crippen LogP contribution in [0, 0.1) is 29.1 Å². The lowest BCUT2D eigenvalue weighted by molar-refractivity contribution is -0.136. The molecular formula is C11H9F5O2S. The number of thioether (sulfide) groups is 1. The Morgan fingerprint density at radius 2 is 1.47 bits per heavy atom. The van der Waals surface area contributed by atoms with Crippen molar-refractivity contribution < 1.29 is 31.9 Å². The molecule has 1 aromatic rings. The average molecular weight is 300 g/mol. The molecule has 0 fully saturated rings. The smallest absolute Gasteiger partial charge is 0.304 e. The van der Waals surface area contributed by atoms with Crippen LogP contribution in [0.5, 0.6) is 0 Å². The van der Waals surface area contributed by atoms with E-state index in [9.17, 15) is 26.7 Å². The summed E-state index contributed by atoms with van der Waals surface area (Å²) in [7, 11) is 0. The maximum atomic E-state index is 13.3. The molecule has 19 heavy (non-hydrogen) atoms. The largest absolute Gasteiger partial charge is 0.481 e. The van der Waals surface area contributed by atoms with Crippen molar-refractivity contribution in [2.45, 2.75) is 24.3 Å². The molecule has 0 aromatic heterocycles. The zero-order valence-electron chi connectivity index (χ0n) is 9.65. The normalized spacial score (nSPS) is 12.5. The Hall–Kier alpha value is -1.31. The predicted octanol–water partition coefficient (Wildman–Crippen LogP) is 3.48. The van der Waals surface area contributed by atoms with Crippen LogP contribution in [-0.2, 0) is 10.5 Å². The molecular weight excluding hydrogens is 291 g/mol. The topological polar surface area (TPSA) is 37.3 Å². The highest BCUT2D eigenvalue weighted by Crippen LogP contribution is 2.28. The molecule has 0 bridgehead atoms. The molecule has 0 saturated heterocycles. The van der Waals surface area contributed by atoms with Crippen LogP contribution < -0.4 is 0 Å². The van der Waals surface area contributed by atoms with Crippen molar-refractivity contribution in [3.8, 4) is 0 Å². The molecule has 0 spiro atoms. The zero-order chi connectivity index (χ0) is 14.7. The number of carboxylic acids is 1. The molecule has 0 saturated carbocycles. The molecule has 0 aliphatic rings. The first kappa shape index (κ1) is 15.7. The number of hydrogen-bond acceptors (Lipinski definition) is 2. The van der Waals surface area contributed by atoms with Gasteiger partial charge in [-0.25, -0.2) is 22.0 Å². The molecule has 0 aliphatic carbocycles. The van der Waals surface area contributed by atoms with E-state index in [1.165, 1.54) is 6.92 Å². The van der Waals surface area contributed by atoms with Gasteiger partial charge in [0.05, 0.1) is 6.42 Å². The number of hydrogen-bond donors (Lipinski definition) is 1. The summed E-state index contributed by atoms with van der Waals surface area (Å²) in [5.74, 6) is -11.6. The monoisotopic (exact) mass is 300 g/mol. The quantitative estimate of drug-likeness (QED) is 0.514. The van der Waals surface area contributed by atoms with E-state index in [4.69, 9.17) is 5.11 Å². The second-order valence-electron chi connectivity index (χ2n) is 3.77. The van der Waals surface area contributed by atoms with Gasteiger partial charge in [0, 0.05) is 16.6 Å². The lowest BCUT2D eigenvalue weighted by Crippen LogP contribution is -2.09. The van der Waals surface area contributed by atoms with Gasteiger partial charge in [0.25, 0.3) is 0 Å². The maximum absolute atomic E-state index is 13.3. The van der Waals surface area contributed by atoms with E-state index in [0.717, 1.165) is 11.8 Å². The molecule has 0 radical (unpaired) electrons. The number of halogens is 5. The fourth-order valence-corrected chi connectivity index (χ4v) is 2.27. The van der Waals surface area contributed by atoms with Crippen molar-refractivity contribution in [3.05, 3.63) is 34.6 Å². The van der Waals surface area contributed by atoms with Gasteiger partial charge >= 0.3 is 5.97 Å². The number of benzene rings is 1. The highest BCUT2D eigenvalue weighted by atomic mass is 32.2. The van der Waals surface area contributed by atoms with Crippen LogP contribution in [0.1, 0.15) is 18.9 Å². The second-order valence-corrected chi connectivity index (χ2v) is 5.19. The van der Waals surface area contributed by atoms with Gasteiger partial charge < -0.3 is 5.11 Å². The fourth-order valence-electron chi connectivity index (χ4n) is 1.31. The van der Waals surface area contributed by atoms with Gasteiger partial charge in [-0.3, -0.25) is 4.79 Å². The van der Waals surface area contributed by atoms with Crippen LogP contribution in [0.3, 0.4) is 0 Å². The Bertz CT molecular complexity index is 477. The molecule has 106 valence electrons. The van der Waals surface area contributed by atoms with E-state index in [2.05, 4.69) is 0 Å². The van der Waals surface area contributed by atoms with Gasteiger partial charge in [-0.05, 0) is 0 Å². The van der Waals surface area contributed by atoms with Gasteiger partial charge in [-0.1, -0.05) is 6.92 Å². The first-order chi connectivity index (χ1) is 8.75. The van der Waals surface area contributed by atoms with Crippen LogP contribution in [0.15, 0.2) is 0 Å². The Kier molecular flexibility index (Phi) is 5.16. The molecule has 0 heterocycles. The average Bonchev–Trinajstić information content (AvgIpc) is 2.33. The van der Waals surface area contributed by atoms with E-state index in [-0.39, 0.29) is 6.42 Å². The third-order valence-electron chi connectivity index (χ3n) is 2.27. The van der Waals surface area contributed by atoms with Gasteiger partial charge in [-0.15, -0.1) is 0 Å². The van der Waals surface area contributed by atoms with Crippen molar-refractivity contribution in [3.63, 3.8) is 0 Å². The van der Waals surface area contributed by atoms with E-state index < -0.39 is 51.6 Å². The Morgan fingerprint density at radius 1 is 1.05 bits per heavy atom. The third kappa shape index (κ3) is 3.59. The second kappa shape index (κ2) is 6.23. The first-order valence-electron chi connectivity index (χ1n) is 5.09. The van der Waals surface area contributed by atoms with Gasteiger partial charge in [-0.2, -0.15) is 11.8 Å². The van der Waals surface area contributed by atoms with Crippen LogP contribution >= 0.6 is 11.8 Å². The molecule has 0 aliphatic heterocycles. The van der Waals surface area contributed by atoms with Gasteiger partial charge in [0.2, 0.25) is 5.82 Å². The summed E-state index contributed by atoms with van der Waals surface area (Å²) in [6, 6.07) is 0. The molecule has 0 amide bonds. The molecule has 1 unspecified atom stereocenters. The molecule has 1 atom stereocenters. The summed E-state index contributed by atoms with van der Waals surface area (Å²) in [6.45, 7) is 1.48. The Balaban J connectivity index is 2.93. The highest BCUT2D eigenvalue weighted by molar-refractivity contribution is 7.99. The molecule has 8 heteroatoms. The number of carbonyl (C=O) groups is 1. The first-order valence-corrected chi connectivity index (χ1v) is 6.14. The summed E-state index contributed by atoms with van der Waals surface area (Å²) >= 11 is 0.793. The van der Waals surface area contributed by atoms with Crippen LogP contribution in [0.2, 0.25) is 0 Å². The lowest BCUT2D eigenvalue weighted by atomic mass is 10.2. The minimum atomic E-state index is -2.21. The predicted molar refractivity (Wildman–Crippen MR) is 59.2 cm³/mol. The summed E-state index contributed by atoms with van der Waals surface area (Å²) in [6.07, 6.45) is -0.278. The zero-order valence-corrected chi connectivity index (χ0v) is 10.5. The van der Waals surface area contributed by atoms with Crippen molar-refractivity contribution in [1.29, 1.82) is 0 Å². The maximum Gasteiger partial charge on any atom is 0.304 e. The fraction of sp³-hybridized carbons (Fsp3) is 0.364. The van der Waals surface area contributed by atoms with Crippen molar-refractivity contribution in [1.82, 2.24) is 0 Å². The van der Waals surface area contributed by atoms with Crippen molar-refractivity contribution >= 4 is 17.7 Å². The standard InChI is InChI=1S/C11H9F5O2S/c1-4(2-6(17)18)19-3-5-7(12)9(14)11(16)10(15)8(5)13/h4H,2-3H2,1H3,(H,17,18). The molecule has 1 aromatic carbocycles. The molecule has 2 nitrogen and oxygen atoms in total. The summed E-state index contributed by atoms with van der Waals surface area (Å²) < 4.78 is 65.0.